The van der Waals surface area contributed by atoms with E-state index in [-0.39, 0.29) is 13.0 Å². The molecule has 9 nitrogen and oxygen atoms in total. The second kappa shape index (κ2) is 6.77. The topological polar surface area (TPSA) is 121 Å². The molecular weight excluding hydrogens is 396 g/mol. The van der Waals surface area contributed by atoms with Crippen LogP contribution in [0.5, 0.6) is 0 Å². The average Bonchev–Trinajstić information content (AvgIpc) is 3.42. The maximum absolute atomic E-state index is 11.9. The highest BCUT2D eigenvalue weighted by atomic mass is 16.7. The maximum Gasteiger partial charge on any atom is 0.303 e. The van der Waals surface area contributed by atoms with Crippen molar-refractivity contribution in [3.8, 4) is 0 Å². The number of esters is 3. The summed E-state index contributed by atoms with van der Waals surface area (Å²) in [5.74, 6) is -1.45. The van der Waals surface area contributed by atoms with Crippen molar-refractivity contribution in [2.75, 3.05) is 13.2 Å². The second-order valence-electron chi connectivity index (χ2n) is 9.03. The van der Waals surface area contributed by atoms with Gasteiger partial charge in [0.05, 0.1) is 23.5 Å². The van der Waals surface area contributed by atoms with Gasteiger partial charge in [0, 0.05) is 27.2 Å². The van der Waals surface area contributed by atoms with E-state index < -0.39 is 64.9 Å². The van der Waals surface area contributed by atoms with Gasteiger partial charge in [-0.25, -0.2) is 0 Å². The number of rotatable bonds is 4. The molecule has 2 bridgehead atoms. The zero-order valence-electron chi connectivity index (χ0n) is 17.8. The summed E-state index contributed by atoms with van der Waals surface area (Å²) in [4.78, 5) is 35.4. The SMILES string of the molecule is CC(=O)OC[C@]12C[C@H](OC(C)=O)C(C)=C[C@H]1O[C@@H]1[C@H](O)[C@@H](OC(C)=O)C2(C)C12CO2. The Morgan fingerprint density at radius 1 is 1.17 bits per heavy atom. The molecule has 0 aromatic carbocycles. The van der Waals surface area contributed by atoms with Gasteiger partial charge in [-0.1, -0.05) is 13.0 Å². The number of hydrogen-bond acceptors (Lipinski definition) is 9. The lowest BCUT2D eigenvalue weighted by Crippen LogP contribution is -2.68. The fraction of sp³-hybridized carbons (Fsp3) is 0.762. The molecule has 2 aliphatic carbocycles. The van der Waals surface area contributed by atoms with Crippen LogP contribution in [0.4, 0.5) is 0 Å². The Hall–Kier alpha value is -1.97. The molecule has 0 amide bonds. The lowest BCUT2D eigenvalue weighted by molar-refractivity contribution is -0.241. The van der Waals surface area contributed by atoms with Gasteiger partial charge < -0.3 is 28.8 Å². The zero-order valence-corrected chi connectivity index (χ0v) is 17.8. The molecule has 3 fully saturated rings. The van der Waals surface area contributed by atoms with E-state index in [2.05, 4.69) is 0 Å². The molecule has 0 radical (unpaired) electrons. The molecule has 1 N–H and O–H groups in total. The third-order valence-corrected chi connectivity index (χ3v) is 7.46. The van der Waals surface area contributed by atoms with Crippen molar-refractivity contribution in [1.82, 2.24) is 0 Å². The summed E-state index contributed by atoms with van der Waals surface area (Å²) in [6, 6.07) is 0. The fourth-order valence-electron chi connectivity index (χ4n) is 5.92. The smallest absolute Gasteiger partial charge is 0.303 e. The minimum Gasteiger partial charge on any atom is -0.465 e. The van der Waals surface area contributed by atoms with Crippen molar-refractivity contribution in [3.05, 3.63) is 11.6 Å². The molecule has 4 aliphatic rings. The van der Waals surface area contributed by atoms with E-state index in [4.69, 9.17) is 23.7 Å². The molecule has 9 heteroatoms. The first-order chi connectivity index (χ1) is 14.0. The first-order valence-electron chi connectivity index (χ1n) is 10.1. The van der Waals surface area contributed by atoms with Crippen LogP contribution in [0.1, 0.15) is 41.0 Å². The van der Waals surface area contributed by atoms with Gasteiger partial charge in [-0.3, -0.25) is 14.4 Å². The molecule has 1 spiro atoms. The van der Waals surface area contributed by atoms with Crippen molar-refractivity contribution < 1.29 is 43.2 Å². The minimum absolute atomic E-state index is 0.0621. The highest BCUT2D eigenvalue weighted by Gasteiger charge is 2.86. The van der Waals surface area contributed by atoms with Crippen LogP contribution >= 0.6 is 0 Å². The molecule has 8 atom stereocenters. The largest absolute Gasteiger partial charge is 0.465 e. The van der Waals surface area contributed by atoms with Crippen LogP contribution < -0.4 is 0 Å². The van der Waals surface area contributed by atoms with Crippen molar-refractivity contribution in [2.45, 2.75) is 77.2 Å². The van der Waals surface area contributed by atoms with Crippen LogP contribution in [0, 0.1) is 10.8 Å². The molecule has 166 valence electrons. The standard InChI is InChI=1S/C21H28O9/c1-10-6-15-20(8-26-11(2)22,7-14(10)28-12(3)23)19(5)17(29-13(4)24)16(25)18(30-15)21(19)9-27-21/h6,14-18,25H,7-9H2,1-5H3/t14-,15+,16+,17+,18+,19?,20+,21?/m0/s1. The van der Waals surface area contributed by atoms with E-state index in [1.54, 1.807) is 0 Å². The van der Waals surface area contributed by atoms with E-state index in [1.807, 2.05) is 19.9 Å². The average molecular weight is 424 g/mol. The number of carbonyl (C=O) groups excluding carboxylic acids is 3. The molecule has 4 rings (SSSR count). The van der Waals surface area contributed by atoms with Crippen LogP contribution in [-0.4, -0.2) is 72.3 Å². The molecule has 1 saturated carbocycles. The van der Waals surface area contributed by atoms with Crippen molar-refractivity contribution >= 4 is 17.9 Å². The normalized spacial score (nSPS) is 45.9. The summed E-state index contributed by atoms with van der Waals surface area (Å²) < 4.78 is 28.9. The lowest BCUT2D eigenvalue weighted by atomic mass is 9.51. The second-order valence-corrected chi connectivity index (χ2v) is 9.03. The third kappa shape index (κ3) is 2.68. The van der Waals surface area contributed by atoms with E-state index >= 15 is 0 Å². The molecule has 0 aromatic rings. The number of fused-ring (bicyclic) bond motifs is 2. The minimum atomic E-state index is -1.11. The van der Waals surface area contributed by atoms with Gasteiger partial charge in [0.15, 0.2) is 0 Å². The monoisotopic (exact) mass is 424 g/mol. The van der Waals surface area contributed by atoms with Crippen LogP contribution in [0.15, 0.2) is 11.6 Å². The Morgan fingerprint density at radius 2 is 1.80 bits per heavy atom. The molecule has 0 aromatic heterocycles. The summed E-state index contributed by atoms with van der Waals surface area (Å²) in [7, 11) is 0. The third-order valence-electron chi connectivity index (χ3n) is 7.46. The summed E-state index contributed by atoms with van der Waals surface area (Å²) in [5, 5.41) is 11.1. The van der Waals surface area contributed by atoms with Crippen molar-refractivity contribution in [1.29, 1.82) is 0 Å². The van der Waals surface area contributed by atoms with Crippen molar-refractivity contribution in [2.24, 2.45) is 10.8 Å². The van der Waals surface area contributed by atoms with E-state index in [0.29, 0.717) is 6.61 Å². The molecule has 2 unspecified atom stereocenters. The number of carbonyl (C=O) groups is 3. The lowest BCUT2D eigenvalue weighted by Gasteiger charge is -2.58. The van der Waals surface area contributed by atoms with Gasteiger partial charge in [-0.15, -0.1) is 0 Å². The summed E-state index contributed by atoms with van der Waals surface area (Å²) >= 11 is 0. The predicted molar refractivity (Wildman–Crippen MR) is 100 cm³/mol. The Balaban J connectivity index is 1.87. The highest BCUT2D eigenvalue weighted by Crippen LogP contribution is 2.72. The molecule has 30 heavy (non-hydrogen) atoms. The molecular formula is C21H28O9. The molecule has 2 aliphatic heterocycles. The van der Waals surface area contributed by atoms with Gasteiger partial charge in [0.2, 0.25) is 0 Å². The van der Waals surface area contributed by atoms with E-state index in [0.717, 1.165) is 5.57 Å². The van der Waals surface area contributed by atoms with Gasteiger partial charge >= 0.3 is 17.9 Å². The first-order valence-corrected chi connectivity index (χ1v) is 10.1. The summed E-state index contributed by atoms with van der Waals surface area (Å²) in [6.45, 7) is 7.91. The number of epoxide rings is 1. The van der Waals surface area contributed by atoms with Crippen molar-refractivity contribution in [3.63, 3.8) is 0 Å². The highest BCUT2D eigenvalue weighted by molar-refractivity contribution is 5.67. The Kier molecular flexibility index (Phi) is 4.80. The maximum atomic E-state index is 11.9. The Morgan fingerprint density at radius 3 is 2.33 bits per heavy atom. The van der Waals surface area contributed by atoms with Crippen LogP contribution in [0.3, 0.4) is 0 Å². The fourth-order valence-corrected chi connectivity index (χ4v) is 5.92. The van der Waals surface area contributed by atoms with Gasteiger partial charge in [-0.2, -0.15) is 0 Å². The van der Waals surface area contributed by atoms with E-state index in [9.17, 15) is 19.5 Å². The number of aliphatic hydroxyl groups excluding tert-OH is 1. The number of ether oxygens (including phenoxy) is 5. The van der Waals surface area contributed by atoms with Gasteiger partial charge in [-0.05, 0) is 12.5 Å². The van der Waals surface area contributed by atoms with E-state index in [1.165, 1.54) is 20.8 Å². The molecule has 2 saturated heterocycles. The van der Waals surface area contributed by atoms with Crippen LogP contribution in [0.2, 0.25) is 0 Å². The van der Waals surface area contributed by atoms with Gasteiger partial charge in [0.25, 0.3) is 0 Å². The van der Waals surface area contributed by atoms with Crippen LogP contribution in [0.25, 0.3) is 0 Å². The number of hydrogen-bond donors (Lipinski definition) is 1. The predicted octanol–water partition coefficient (Wildman–Crippen LogP) is 0.667. The van der Waals surface area contributed by atoms with Gasteiger partial charge in [0.1, 0.15) is 36.6 Å². The summed E-state index contributed by atoms with van der Waals surface area (Å²) in [6.07, 6.45) is -1.75. The number of aliphatic hydroxyl groups is 1. The Bertz CT molecular complexity index is 815. The quantitative estimate of drug-likeness (QED) is 0.300. The summed E-state index contributed by atoms with van der Waals surface area (Å²) in [5.41, 5.74) is -1.99. The molecule has 2 heterocycles. The Labute approximate surface area is 174 Å². The zero-order chi connectivity index (χ0) is 22.1. The van der Waals surface area contributed by atoms with Crippen LogP contribution in [-0.2, 0) is 38.1 Å². The first kappa shape index (κ1) is 21.3.